The van der Waals surface area contributed by atoms with Gasteiger partial charge in [-0.3, -0.25) is 9.59 Å². The van der Waals surface area contributed by atoms with Crippen LogP contribution in [0.25, 0.3) is 0 Å². The van der Waals surface area contributed by atoms with Gasteiger partial charge in [-0.15, -0.1) is 0 Å². The molecule has 0 saturated carbocycles. The lowest BCUT2D eigenvalue weighted by Gasteiger charge is -2.33. The predicted octanol–water partition coefficient (Wildman–Crippen LogP) is 3.70. The number of ketones is 1. The zero-order valence-corrected chi connectivity index (χ0v) is 18.9. The van der Waals surface area contributed by atoms with Crippen molar-refractivity contribution in [3.05, 3.63) is 12.2 Å². The van der Waals surface area contributed by atoms with Crippen molar-refractivity contribution in [3.63, 3.8) is 0 Å². The summed E-state index contributed by atoms with van der Waals surface area (Å²) >= 11 is 0. The van der Waals surface area contributed by atoms with Gasteiger partial charge in [0.15, 0.2) is 11.4 Å². The second kappa shape index (κ2) is 15.6. The van der Waals surface area contributed by atoms with Crippen LogP contribution in [0.3, 0.4) is 0 Å². The van der Waals surface area contributed by atoms with Crippen molar-refractivity contribution in [2.45, 2.75) is 89.1 Å². The summed E-state index contributed by atoms with van der Waals surface area (Å²) in [5.41, 5.74) is -1.86. The van der Waals surface area contributed by atoms with Gasteiger partial charge in [-0.05, 0) is 25.3 Å². The van der Waals surface area contributed by atoms with Gasteiger partial charge < -0.3 is 19.8 Å². The highest BCUT2D eigenvalue weighted by atomic mass is 16.4. The third-order valence-electron chi connectivity index (χ3n) is 4.94. The van der Waals surface area contributed by atoms with Crippen LogP contribution in [0.2, 0.25) is 0 Å². The van der Waals surface area contributed by atoms with E-state index in [1.165, 1.54) is 51.0 Å². The number of hydrogen-bond acceptors (Lipinski definition) is 4. The first kappa shape index (κ1) is 27.8. The van der Waals surface area contributed by atoms with Gasteiger partial charge in [-0.2, -0.15) is 0 Å². The number of rotatable bonds is 19. The number of unbranched alkanes of at least 4 members (excludes halogenated alkanes) is 11. The third kappa shape index (κ3) is 16.3. The number of nitrogens with zero attached hydrogens (tertiary/aromatic N) is 1. The van der Waals surface area contributed by atoms with E-state index in [9.17, 15) is 14.7 Å². The number of allylic oxidation sites excluding steroid dienone is 1. The van der Waals surface area contributed by atoms with Gasteiger partial charge in [-0.25, -0.2) is 0 Å². The van der Waals surface area contributed by atoms with Gasteiger partial charge in [-0.1, -0.05) is 63.9 Å². The first-order valence-corrected chi connectivity index (χ1v) is 11.2. The van der Waals surface area contributed by atoms with Gasteiger partial charge in [0.1, 0.15) is 6.54 Å². The molecular weight excluding hydrogens is 370 g/mol. The van der Waals surface area contributed by atoms with Crippen LogP contribution in [-0.4, -0.2) is 71.5 Å². The van der Waals surface area contributed by atoms with Gasteiger partial charge in [0.2, 0.25) is 0 Å². The molecule has 0 aliphatic heterocycles. The van der Waals surface area contributed by atoms with Crippen LogP contribution < -0.4 is 0 Å². The predicted molar refractivity (Wildman–Crippen MR) is 117 cm³/mol. The summed E-state index contributed by atoms with van der Waals surface area (Å²) < 4.78 is 0.312. The largest absolute Gasteiger partial charge is 0.481 e. The van der Waals surface area contributed by atoms with Crippen molar-refractivity contribution in [1.29, 1.82) is 0 Å². The molecule has 0 amide bonds. The lowest BCUT2D eigenvalue weighted by atomic mass is 9.92. The molecule has 0 heterocycles. The molecule has 0 aromatic heterocycles. The molecule has 0 spiro atoms. The Balaban J connectivity index is 3.94. The normalized spacial score (nSPS) is 14.2. The van der Waals surface area contributed by atoms with Crippen molar-refractivity contribution >= 4 is 11.8 Å². The molecule has 0 aromatic carbocycles. The Labute approximate surface area is 177 Å². The number of likely N-dealkylation sites (N-methyl/N-ethyl adjacent to an activating group) is 1. The zero-order valence-electron chi connectivity index (χ0n) is 18.9. The maximum atomic E-state index is 12.4. The lowest BCUT2D eigenvalue weighted by Crippen LogP contribution is -2.54. The van der Waals surface area contributed by atoms with E-state index in [0.29, 0.717) is 11.1 Å². The highest BCUT2D eigenvalue weighted by Gasteiger charge is 2.41. The summed E-state index contributed by atoms with van der Waals surface area (Å²) in [5, 5.41) is 28.3. The Kier molecular flexibility index (Phi) is 14.9. The fraction of sp³-hybridized carbons (Fsp3) is 0.826. The van der Waals surface area contributed by atoms with Crippen LogP contribution in [0.15, 0.2) is 12.2 Å². The highest BCUT2D eigenvalue weighted by Crippen LogP contribution is 2.17. The quantitative estimate of drug-likeness (QED) is 0.170. The van der Waals surface area contributed by atoms with Crippen molar-refractivity contribution < 1.29 is 29.4 Å². The molecule has 6 heteroatoms. The summed E-state index contributed by atoms with van der Waals surface area (Å²) in [4.78, 5) is 23.4. The molecule has 170 valence electrons. The van der Waals surface area contributed by atoms with Gasteiger partial charge in [0, 0.05) is 6.61 Å². The standard InChI is InChI=1S/C23H43NO5/c1-24(2,3)20-23(29,19-22(27)28)21(26)17-15-13-11-9-7-5-4-6-8-10-12-14-16-18-25/h15,17,25,29H,4-14,16,18-20H2,1-3H3/p+1. The van der Waals surface area contributed by atoms with Gasteiger partial charge in [0.05, 0.1) is 27.6 Å². The second-order valence-electron chi connectivity index (χ2n) is 9.22. The number of carbonyl (C=O) groups is 2. The summed E-state index contributed by atoms with van der Waals surface area (Å²) in [6.07, 6.45) is 16.2. The number of aliphatic hydroxyl groups excluding tert-OH is 1. The Morgan fingerprint density at radius 2 is 1.28 bits per heavy atom. The fourth-order valence-corrected chi connectivity index (χ4v) is 3.57. The molecule has 1 atom stereocenters. The fourth-order valence-electron chi connectivity index (χ4n) is 3.57. The Bertz CT molecular complexity index is 484. The van der Waals surface area contributed by atoms with Crippen LogP contribution in [-0.2, 0) is 9.59 Å². The zero-order chi connectivity index (χ0) is 22.2. The van der Waals surface area contributed by atoms with Crippen LogP contribution in [0.5, 0.6) is 0 Å². The SMILES string of the molecule is C[N+](C)(C)CC(O)(CC(=O)O)C(=O)C=CCCCCCCCCCCCCCO. The molecule has 0 saturated heterocycles. The highest BCUT2D eigenvalue weighted by molar-refractivity contribution is 5.99. The Hall–Kier alpha value is -1.24. The lowest BCUT2D eigenvalue weighted by molar-refractivity contribution is -0.875. The molecule has 0 fully saturated rings. The monoisotopic (exact) mass is 414 g/mol. The van der Waals surface area contributed by atoms with E-state index in [4.69, 9.17) is 10.2 Å². The minimum Gasteiger partial charge on any atom is -0.481 e. The average Bonchev–Trinajstić information content (AvgIpc) is 2.59. The Morgan fingerprint density at radius 3 is 1.69 bits per heavy atom. The van der Waals surface area contributed by atoms with Crippen molar-refractivity contribution in [2.24, 2.45) is 0 Å². The van der Waals surface area contributed by atoms with E-state index in [2.05, 4.69) is 0 Å². The van der Waals surface area contributed by atoms with Crippen LogP contribution in [0.4, 0.5) is 0 Å². The van der Waals surface area contributed by atoms with E-state index in [0.717, 1.165) is 32.1 Å². The molecule has 0 rings (SSSR count). The molecule has 0 aliphatic carbocycles. The van der Waals surface area contributed by atoms with E-state index in [-0.39, 0.29) is 6.54 Å². The summed E-state index contributed by atoms with van der Waals surface area (Å²) in [6, 6.07) is 0. The number of carboxylic acids is 1. The van der Waals surface area contributed by atoms with E-state index in [1.807, 2.05) is 21.1 Å². The molecule has 6 nitrogen and oxygen atoms in total. The number of aliphatic hydroxyl groups is 2. The molecule has 1 unspecified atom stereocenters. The first-order chi connectivity index (χ1) is 13.6. The van der Waals surface area contributed by atoms with E-state index >= 15 is 0 Å². The van der Waals surface area contributed by atoms with Gasteiger partial charge >= 0.3 is 5.97 Å². The molecule has 0 aliphatic rings. The Morgan fingerprint density at radius 1 is 0.828 bits per heavy atom. The molecule has 29 heavy (non-hydrogen) atoms. The maximum absolute atomic E-state index is 12.4. The van der Waals surface area contributed by atoms with Crippen LogP contribution in [0.1, 0.15) is 83.5 Å². The van der Waals surface area contributed by atoms with E-state index < -0.39 is 23.8 Å². The number of carboxylic acid groups (broad SMARTS) is 1. The van der Waals surface area contributed by atoms with Crippen LogP contribution >= 0.6 is 0 Å². The topological polar surface area (TPSA) is 94.8 Å². The first-order valence-electron chi connectivity index (χ1n) is 11.2. The van der Waals surface area contributed by atoms with Gasteiger partial charge in [0.25, 0.3) is 0 Å². The van der Waals surface area contributed by atoms with Crippen molar-refractivity contribution in [2.75, 3.05) is 34.3 Å². The third-order valence-corrected chi connectivity index (χ3v) is 4.94. The molecular formula is C23H44NO5+. The number of quaternary nitrogens is 1. The molecule has 0 bridgehead atoms. The van der Waals surface area contributed by atoms with Crippen molar-refractivity contribution in [3.8, 4) is 0 Å². The minimum absolute atomic E-state index is 0.0594. The number of hydrogen-bond donors (Lipinski definition) is 3. The summed E-state index contributed by atoms with van der Waals surface area (Å²) in [6.45, 7) is 0.368. The number of aliphatic carboxylic acids is 1. The number of carbonyl (C=O) groups excluding carboxylic acids is 1. The molecule has 0 aromatic rings. The van der Waals surface area contributed by atoms with Crippen LogP contribution in [0, 0.1) is 0 Å². The van der Waals surface area contributed by atoms with E-state index in [1.54, 1.807) is 6.08 Å². The maximum Gasteiger partial charge on any atom is 0.307 e. The molecule has 3 N–H and O–H groups in total. The smallest absolute Gasteiger partial charge is 0.307 e. The average molecular weight is 415 g/mol. The minimum atomic E-state index is -1.86. The molecule has 0 radical (unpaired) electrons. The summed E-state index contributed by atoms with van der Waals surface area (Å²) in [7, 11) is 5.46. The summed E-state index contributed by atoms with van der Waals surface area (Å²) in [5.74, 6) is -1.69. The van der Waals surface area contributed by atoms with Crippen molar-refractivity contribution in [1.82, 2.24) is 0 Å². The second-order valence-corrected chi connectivity index (χ2v) is 9.22.